The van der Waals surface area contributed by atoms with Crippen molar-refractivity contribution < 1.29 is 18.3 Å². The summed E-state index contributed by atoms with van der Waals surface area (Å²) < 4.78 is 40.8. The van der Waals surface area contributed by atoms with Crippen LogP contribution in [0.4, 0.5) is 13.2 Å². The fourth-order valence-electron chi connectivity index (χ4n) is 1.53. The number of aryl methyl sites for hydroxylation is 1. The molecule has 0 spiro atoms. The van der Waals surface area contributed by atoms with E-state index in [1.54, 1.807) is 0 Å². The maximum atomic E-state index is 13.5. The Hall–Kier alpha value is -1.41. The Morgan fingerprint density at radius 3 is 2.50 bits per heavy atom. The molecule has 18 heavy (non-hydrogen) atoms. The number of aliphatic hydroxyl groups excluding tert-OH is 1. The maximum Gasteiger partial charge on any atom is 0.194 e. The summed E-state index contributed by atoms with van der Waals surface area (Å²) in [4.78, 5) is 0. The van der Waals surface area contributed by atoms with Crippen LogP contribution in [0.25, 0.3) is 0 Å². The SMILES string of the molecule is Cn1nnc(Br)c1C(O)c1ccc(F)c(F)c1F. The number of aromatic nitrogens is 3. The highest BCUT2D eigenvalue weighted by atomic mass is 79.9. The first-order valence-electron chi connectivity index (χ1n) is 4.80. The predicted molar refractivity (Wildman–Crippen MR) is 59.1 cm³/mol. The third-order valence-electron chi connectivity index (χ3n) is 2.45. The van der Waals surface area contributed by atoms with E-state index in [4.69, 9.17) is 0 Å². The predicted octanol–water partition coefficient (Wildman–Crippen LogP) is 2.08. The molecule has 0 radical (unpaired) electrons. The van der Waals surface area contributed by atoms with Crippen LogP contribution < -0.4 is 0 Å². The highest BCUT2D eigenvalue weighted by Gasteiger charge is 2.25. The van der Waals surface area contributed by atoms with E-state index >= 15 is 0 Å². The molecule has 1 atom stereocenters. The lowest BCUT2D eigenvalue weighted by Gasteiger charge is -2.12. The Kier molecular flexibility index (Phi) is 3.40. The fraction of sp³-hybridized carbons (Fsp3) is 0.200. The first kappa shape index (κ1) is 13.0. The standard InChI is InChI=1S/C10H7BrF3N3O/c1-17-8(10(11)15-16-17)9(18)4-2-3-5(12)7(14)6(4)13/h2-3,9,18H,1H3. The third-order valence-corrected chi connectivity index (χ3v) is 3.01. The lowest BCUT2D eigenvalue weighted by molar-refractivity contribution is 0.201. The number of hydrogen-bond acceptors (Lipinski definition) is 3. The minimum atomic E-state index is -1.63. The molecule has 0 aliphatic heterocycles. The number of halogens is 4. The minimum Gasteiger partial charge on any atom is -0.382 e. The van der Waals surface area contributed by atoms with E-state index in [2.05, 4.69) is 26.2 Å². The second-order valence-electron chi connectivity index (χ2n) is 3.56. The van der Waals surface area contributed by atoms with E-state index in [0.29, 0.717) is 0 Å². The maximum absolute atomic E-state index is 13.5. The minimum absolute atomic E-state index is 0.139. The van der Waals surface area contributed by atoms with Gasteiger partial charge in [-0.1, -0.05) is 5.21 Å². The van der Waals surface area contributed by atoms with Crippen LogP contribution in [-0.2, 0) is 7.05 Å². The molecule has 1 N–H and O–H groups in total. The highest BCUT2D eigenvalue weighted by Crippen LogP contribution is 2.29. The quantitative estimate of drug-likeness (QED) is 0.862. The topological polar surface area (TPSA) is 50.9 Å². The molecular weight excluding hydrogens is 315 g/mol. The lowest BCUT2D eigenvalue weighted by atomic mass is 10.1. The molecule has 0 aliphatic carbocycles. The molecule has 1 heterocycles. The Bertz CT molecular complexity index is 583. The molecule has 0 aliphatic rings. The van der Waals surface area contributed by atoms with E-state index in [0.717, 1.165) is 12.1 Å². The summed E-state index contributed by atoms with van der Waals surface area (Å²) in [5.41, 5.74) is -0.250. The molecule has 8 heteroatoms. The molecule has 1 aromatic carbocycles. The van der Waals surface area contributed by atoms with Crippen molar-refractivity contribution in [1.29, 1.82) is 0 Å². The molecular formula is C10H7BrF3N3O. The van der Waals surface area contributed by atoms with Gasteiger partial charge in [0.05, 0.1) is 0 Å². The summed E-state index contributed by atoms with van der Waals surface area (Å²) in [7, 11) is 1.48. The Balaban J connectivity index is 2.53. The van der Waals surface area contributed by atoms with Crippen molar-refractivity contribution in [3.8, 4) is 0 Å². The number of benzene rings is 1. The Morgan fingerprint density at radius 2 is 1.94 bits per heavy atom. The molecule has 2 aromatic rings. The average molecular weight is 322 g/mol. The van der Waals surface area contributed by atoms with Gasteiger partial charge in [0, 0.05) is 12.6 Å². The molecule has 0 amide bonds. The molecule has 0 saturated carbocycles. The van der Waals surface area contributed by atoms with Crippen molar-refractivity contribution in [2.45, 2.75) is 6.10 Å². The summed E-state index contributed by atoms with van der Waals surface area (Å²) in [6.07, 6.45) is -1.51. The zero-order valence-electron chi connectivity index (χ0n) is 9.03. The Morgan fingerprint density at radius 1 is 1.28 bits per heavy atom. The van der Waals surface area contributed by atoms with E-state index in [1.807, 2.05) is 0 Å². The van der Waals surface area contributed by atoms with Gasteiger partial charge in [0.25, 0.3) is 0 Å². The molecule has 2 rings (SSSR count). The van der Waals surface area contributed by atoms with Gasteiger partial charge in [0.15, 0.2) is 22.1 Å². The first-order chi connectivity index (χ1) is 8.43. The third kappa shape index (κ3) is 2.01. The monoisotopic (exact) mass is 321 g/mol. The van der Waals surface area contributed by atoms with Crippen molar-refractivity contribution in [2.75, 3.05) is 0 Å². The fourth-order valence-corrected chi connectivity index (χ4v) is 2.07. The van der Waals surface area contributed by atoms with Crippen molar-refractivity contribution in [1.82, 2.24) is 15.0 Å². The van der Waals surface area contributed by atoms with Crippen molar-refractivity contribution >= 4 is 15.9 Å². The van der Waals surface area contributed by atoms with Crippen molar-refractivity contribution in [3.63, 3.8) is 0 Å². The summed E-state index contributed by atoms with van der Waals surface area (Å²) in [6, 6.07) is 1.71. The van der Waals surface area contributed by atoms with Gasteiger partial charge in [-0.3, -0.25) is 0 Å². The summed E-state index contributed by atoms with van der Waals surface area (Å²) in [6.45, 7) is 0. The Labute approximate surface area is 108 Å². The van der Waals surface area contributed by atoms with Gasteiger partial charge in [-0.25, -0.2) is 17.9 Å². The van der Waals surface area contributed by atoms with E-state index in [1.165, 1.54) is 11.7 Å². The van der Waals surface area contributed by atoms with Crippen LogP contribution in [0.1, 0.15) is 17.4 Å². The van der Waals surface area contributed by atoms with Gasteiger partial charge in [0.1, 0.15) is 11.8 Å². The smallest absolute Gasteiger partial charge is 0.194 e. The average Bonchev–Trinajstić information content (AvgIpc) is 2.65. The number of aliphatic hydroxyl groups is 1. The zero-order valence-corrected chi connectivity index (χ0v) is 10.6. The van der Waals surface area contributed by atoms with Crippen molar-refractivity contribution in [3.05, 3.63) is 45.4 Å². The van der Waals surface area contributed by atoms with Crippen molar-refractivity contribution in [2.24, 2.45) is 7.05 Å². The molecule has 4 nitrogen and oxygen atoms in total. The van der Waals surface area contributed by atoms with Gasteiger partial charge in [0.2, 0.25) is 0 Å². The number of nitrogens with zero attached hydrogens (tertiary/aromatic N) is 3. The molecule has 96 valence electrons. The van der Waals surface area contributed by atoms with Gasteiger partial charge < -0.3 is 5.11 Å². The van der Waals surface area contributed by atoms with Crippen LogP contribution in [0.5, 0.6) is 0 Å². The largest absolute Gasteiger partial charge is 0.382 e. The molecule has 1 unspecified atom stereocenters. The molecule has 0 bridgehead atoms. The normalized spacial score (nSPS) is 12.8. The van der Waals surface area contributed by atoms with E-state index in [-0.39, 0.29) is 15.9 Å². The van der Waals surface area contributed by atoms with Crippen LogP contribution >= 0.6 is 15.9 Å². The summed E-state index contributed by atoms with van der Waals surface area (Å²) in [5, 5.41) is 17.2. The number of hydrogen-bond donors (Lipinski definition) is 1. The van der Waals surface area contributed by atoms with Gasteiger partial charge in [-0.05, 0) is 28.1 Å². The van der Waals surface area contributed by atoms with Crippen LogP contribution in [0.15, 0.2) is 16.7 Å². The van der Waals surface area contributed by atoms with Gasteiger partial charge in [-0.2, -0.15) is 0 Å². The van der Waals surface area contributed by atoms with E-state index < -0.39 is 23.6 Å². The lowest BCUT2D eigenvalue weighted by Crippen LogP contribution is -2.10. The van der Waals surface area contributed by atoms with Crippen LogP contribution in [0.3, 0.4) is 0 Å². The molecule has 1 aromatic heterocycles. The second kappa shape index (κ2) is 4.69. The summed E-state index contributed by atoms with van der Waals surface area (Å²) >= 11 is 3.03. The molecule has 0 fully saturated rings. The van der Waals surface area contributed by atoms with Crippen LogP contribution in [0.2, 0.25) is 0 Å². The van der Waals surface area contributed by atoms with Gasteiger partial charge >= 0.3 is 0 Å². The highest BCUT2D eigenvalue weighted by molar-refractivity contribution is 9.10. The van der Waals surface area contributed by atoms with Gasteiger partial charge in [-0.15, -0.1) is 5.10 Å². The van der Waals surface area contributed by atoms with Crippen LogP contribution in [-0.4, -0.2) is 20.1 Å². The molecule has 0 saturated heterocycles. The zero-order chi connectivity index (χ0) is 13.4. The number of rotatable bonds is 2. The summed E-state index contributed by atoms with van der Waals surface area (Å²) in [5.74, 6) is -4.38. The van der Waals surface area contributed by atoms with Crippen LogP contribution in [0, 0.1) is 17.5 Å². The second-order valence-corrected chi connectivity index (χ2v) is 4.31. The van der Waals surface area contributed by atoms with E-state index in [9.17, 15) is 18.3 Å². The first-order valence-corrected chi connectivity index (χ1v) is 5.59.